The van der Waals surface area contributed by atoms with E-state index in [9.17, 15) is 4.39 Å². The van der Waals surface area contributed by atoms with E-state index in [-0.39, 0.29) is 5.82 Å². The quantitative estimate of drug-likeness (QED) is 0.719. The van der Waals surface area contributed by atoms with Crippen molar-refractivity contribution in [3.63, 3.8) is 0 Å². The Morgan fingerprint density at radius 1 is 1.24 bits per heavy atom. The summed E-state index contributed by atoms with van der Waals surface area (Å²) >= 11 is 5.28. The Morgan fingerprint density at radius 2 is 2.05 bits per heavy atom. The zero-order valence-electron chi connectivity index (χ0n) is 12.4. The second-order valence-electron chi connectivity index (χ2n) is 5.70. The Hall–Kier alpha value is -0.710. The van der Waals surface area contributed by atoms with Crippen molar-refractivity contribution in [3.05, 3.63) is 56.4 Å². The molecule has 21 heavy (non-hydrogen) atoms. The molecule has 0 aliphatic carbocycles. The van der Waals surface area contributed by atoms with Crippen molar-refractivity contribution in [2.75, 3.05) is 6.54 Å². The van der Waals surface area contributed by atoms with E-state index in [1.54, 1.807) is 23.5 Å². The Kier molecular flexibility index (Phi) is 6.40. The summed E-state index contributed by atoms with van der Waals surface area (Å²) in [6.45, 7) is 5.26. The van der Waals surface area contributed by atoms with Crippen LogP contribution in [0.1, 0.15) is 24.3 Å². The SMILES string of the molecule is CC(C)NCC(Cc1cccc(F)c1)Cc1cc(Br)cs1. The highest BCUT2D eigenvalue weighted by atomic mass is 79.9. The molecule has 1 aromatic carbocycles. The zero-order chi connectivity index (χ0) is 15.2. The Bertz CT molecular complexity index is 567. The Morgan fingerprint density at radius 3 is 2.67 bits per heavy atom. The molecule has 0 aliphatic heterocycles. The van der Waals surface area contributed by atoms with E-state index in [0.29, 0.717) is 12.0 Å². The number of rotatable bonds is 7. The maximum absolute atomic E-state index is 13.3. The molecular formula is C17H21BrFNS. The van der Waals surface area contributed by atoms with Gasteiger partial charge in [-0.2, -0.15) is 0 Å². The summed E-state index contributed by atoms with van der Waals surface area (Å²) in [6.07, 6.45) is 1.92. The molecule has 1 N–H and O–H groups in total. The van der Waals surface area contributed by atoms with Crippen LogP contribution in [-0.4, -0.2) is 12.6 Å². The standard InChI is InChI=1S/C17H21BrFNS/c1-12(2)20-10-14(8-17-9-15(18)11-21-17)6-13-4-3-5-16(19)7-13/h3-5,7,9,11-12,14,20H,6,8,10H2,1-2H3. The molecule has 0 aliphatic rings. The molecule has 2 rings (SSSR count). The lowest BCUT2D eigenvalue weighted by Crippen LogP contribution is -2.30. The molecule has 0 saturated heterocycles. The second-order valence-corrected chi connectivity index (χ2v) is 7.61. The third-order valence-corrected chi connectivity index (χ3v) is 5.06. The molecule has 0 bridgehead atoms. The topological polar surface area (TPSA) is 12.0 Å². The molecule has 1 nitrogen and oxygen atoms in total. The molecule has 1 heterocycles. The maximum Gasteiger partial charge on any atom is 0.123 e. The van der Waals surface area contributed by atoms with E-state index in [4.69, 9.17) is 0 Å². The van der Waals surface area contributed by atoms with Gasteiger partial charge in [-0.15, -0.1) is 11.3 Å². The number of hydrogen-bond acceptors (Lipinski definition) is 2. The van der Waals surface area contributed by atoms with E-state index in [1.807, 2.05) is 6.07 Å². The lowest BCUT2D eigenvalue weighted by atomic mass is 9.95. The van der Waals surface area contributed by atoms with Crippen LogP contribution in [0, 0.1) is 11.7 Å². The van der Waals surface area contributed by atoms with Gasteiger partial charge < -0.3 is 5.32 Å². The fourth-order valence-corrected chi connectivity index (χ4v) is 3.93. The fourth-order valence-electron chi connectivity index (χ4n) is 2.36. The monoisotopic (exact) mass is 369 g/mol. The van der Waals surface area contributed by atoms with Crippen LogP contribution < -0.4 is 5.32 Å². The van der Waals surface area contributed by atoms with Crippen molar-refractivity contribution in [2.24, 2.45) is 5.92 Å². The van der Waals surface area contributed by atoms with Gasteiger partial charge in [0.2, 0.25) is 0 Å². The summed E-state index contributed by atoms with van der Waals surface area (Å²) in [5.74, 6) is 0.321. The average molecular weight is 370 g/mol. The molecule has 0 saturated carbocycles. The van der Waals surface area contributed by atoms with Crippen molar-refractivity contribution in [2.45, 2.75) is 32.7 Å². The first kappa shape index (κ1) is 16.7. The van der Waals surface area contributed by atoms with Crippen molar-refractivity contribution in [1.82, 2.24) is 5.32 Å². The van der Waals surface area contributed by atoms with Crippen LogP contribution >= 0.6 is 27.3 Å². The number of nitrogens with one attached hydrogen (secondary N) is 1. The molecule has 1 unspecified atom stereocenters. The first-order valence-electron chi connectivity index (χ1n) is 7.23. The van der Waals surface area contributed by atoms with Crippen molar-refractivity contribution in [1.29, 1.82) is 0 Å². The van der Waals surface area contributed by atoms with Crippen LogP contribution in [0.25, 0.3) is 0 Å². The first-order chi connectivity index (χ1) is 10.0. The van der Waals surface area contributed by atoms with Crippen LogP contribution in [0.4, 0.5) is 4.39 Å². The van der Waals surface area contributed by atoms with Crippen molar-refractivity contribution >= 4 is 27.3 Å². The van der Waals surface area contributed by atoms with Crippen LogP contribution in [0.3, 0.4) is 0 Å². The first-order valence-corrected chi connectivity index (χ1v) is 8.91. The minimum absolute atomic E-state index is 0.151. The van der Waals surface area contributed by atoms with Gasteiger partial charge in [-0.1, -0.05) is 26.0 Å². The van der Waals surface area contributed by atoms with Crippen LogP contribution in [0.5, 0.6) is 0 Å². The third-order valence-electron chi connectivity index (χ3n) is 3.34. The van der Waals surface area contributed by atoms with E-state index in [0.717, 1.165) is 29.4 Å². The summed E-state index contributed by atoms with van der Waals surface area (Å²) in [6, 6.07) is 9.59. The largest absolute Gasteiger partial charge is 0.314 e. The summed E-state index contributed by atoms with van der Waals surface area (Å²) in [5, 5.41) is 5.62. The smallest absolute Gasteiger partial charge is 0.123 e. The summed E-state index contributed by atoms with van der Waals surface area (Å²) < 4.78 is 14.5. The summed E-state index contributed by atoms with van der Waals surface area (Å²) in [7, 11) is 0. The predicted molar refractivity (Wildman–Crippen MR) is 92.5 cm³/mol. The van der Waals surface area contributed by atoms with Crippen LogP contribution in [0.15, 0.2) is 40.2 Å². The van der Waals surface area contributed by atoms with Gasteiger partial charge >= 0.3 is 0 Å². The minimum Gasteiger partial charge on any atom is -0.314 e. The molecule has 4 heteroatoms. The lowest BCUT2D eigenvalue weighted by Gasteiger charge is -2.19. The molecule has 0 fully saturated rings. The highest BCUT2D eigenvalue weighted by Gasteiger charge is 2.13. The molecule has 0 spiro atoms. The predicted octanol–water partition coefficient (Wildman–Crippen LogP) is 5.05. The molecule has 0 radical (unpaired) electrons. The van der Waals surface area contributed by atoms with E-state index in [2.05, 4.69) is 46.5 Å². The van der Waals surface area contributed by atoms with E-state index < -0.39 is 0 Å². The van der Waals surface area contributed by atoms with Crippen molar-refractivity contribution < 1.29 is 4.39 Å². The van der Waals surface area contributed by atoms with Gasteiger partial charge in [-0.05, 0) is 65.0 Å². The van der Waals surface area contributed by atoms with E-state index in [1.165, 1.54) is 10.9 Å². The van der Waals surface area contributed by atoms with Gasteiger partial charge in [0.05, 0.1) is 0 Å². The number of hydrogen-bond donors (Lipinski definition) is 1. The van der Waals surface area contributed by atoms with Gasteiger partial charge in [0.15, 0.2) is 0 Å². The molecule has 114 valence electrons. The van der Waals surface area contributed by atoms with Gasteiger partial charge in [0, 0.05) is 20.8 Å². The summed E-state index contributed by atoms with van der Waals surface area (Å²) in [4.78, 5) is 1.37. The summed E-state index contributed by atoms with van der Waals surface area (Å²) in [5.41, 5.74) is 1.07. The normalized spacial score (nSPS) is 12.8. The lowest BCUT2D eigenvalue weighted by molar-refractivity contribution is 0.445. The zero-order valence-corrected chi connectivity index (χ0v) is 14.8. The van der Waals surface area contributed by atoms with Gasteiger partial charge in [-0.25, -0.2) is 4.39 Å². The molecule has 1 aromatic heterocycles. The van der Waals surface area contributed by atoms with Crippen LogP contribution in [-0.2, 0) is 12.8 Å². The average Bonchev–Trinajstić information content (AvgIpc) is 2.81. The number of thiophene rings is 1. The number of benzene rings is 1. The Labute approximate surface area is 138 Å². The third kappa shape index (κ3) is 5.89. The Balaban J connectivity index is 2.04. The second kappa shape index (κ2) is 8.06. The fraction of sp³-hybridized carbons (Fsp3) is 0.412. The minimum atomic E-state index is -0.151. The van der Waals surface area contributed by atoms with Crippen molar-refractivity contribution in [3.8, 4) is 0 Å². The van der Waals surface area contributed by atoms with Crippen LogP contribution in [0.2, 0.25) is 0 Å². The molecule has 1 atom stereocenters. The molecular weight excluding hydrogens is 349 g/mol. The maximum atomic E-state index is 13.3. The number of halogens is 2. The highest BCUT2D eigenvalue weighted by molar-refractivity contribution is 9.10. The molecule has 2 aromatic rings. The van der Waals surface area contributed by atoms with Gasteiger partial charge in [0.1, 0.15) is 5.82 Å². The highest BCUT2D eigenvalue weighted by Crippen LogP contribution is 2.24. The molecule has 0 amide bonds. The van der Waals surface area contributed by atoms with E-state index >= 15 is 0 Å². The van der Waals surface area contributed by atoms with Gasteiger partial charge in [0.25, 0.3) is 0 Å². The van der Waals surface area contributed by atoms with Gasteiger partial charge in [-0.3, -0.25) is 0 Å².